The number of benzene rings is 2. The van der Waals surface area contributed by atoms with E-state index in [4.69, 9.17) is 4.74 Å². The first-order chi connectivity index (χ1) is 12.6. The van der Waals surface area contributed by atoms with Gasteiger partial charge in [0.15, 0.2) is 0 Å². The van der Waals surface area contributed by atoms with E-state index in [2.05, 4.69) is 10.6 Å². The van der Waals surface area contributed by atoms with Crippen LogP contribution in [0.3, 0.4) is 0 Å². The molecule has 0 heterocycles. The van der Waals surface area contributed by atoms with Gasteiger partial charge in [0, 0.05) is 6.54 Å². The Bertz CT molecular complexity index is 689. The summed E-state index contributed by atoms with van der Waals surface area (Å²) in [6.45, 7) is 2.15. The van der Waals surface area contributed by atoms with Crippen molar-refractivity contribution in [2.45, 2.75) is 38.4 Å². The van der Waals surface area contributed by atoms with Crippen LogP contribution < -0.4 is 10.6 Å². The molecular formula is C21H26N2O3. The fourth-order valence-corrected chi connectivity index (χ4v) is 2.70. The lowest BCUT2D eigenvalue weighted by Gasteiger charge is -2.21. The van der Waals surface area contributed by atoms with E-state index in [1.807, 2.05) is 60.7 Å². The lowest BCUT2D eigenvalue weighted by atomic mass is 10.0. The van der Waals surface area contributed by atoms with Gasteiger partial charge < -0.3 is 10.1 Å². The first-order valence-electron chi connectivity index (χ1n) is 8.79. The predicted octanol–water partition coefficient (Wildman–Crippen LogP) is 2.46. The second kappa shape index (κ2) is 10.4. The van der Waals surface area contributed by atoms with E-state index in [1.54, 1.807) is 6.92 Å². The minimum Gasteiger partial charge on any atom is -0.468 e. The van der Waals surface area contributed by atoms with Crippen molar-refractivity contribution in [3.05, 3.63) is 71.8 Å². The van der Waals surface area contributed by atoms with Crippen LogP contribution in [-0.4, -0.2) is 31.1 Å². The molecule has 0 bridgehead atoms. The summed E-state index contributed by atoms with van der Waals surface area (Å²) in [5.74, 6) is -0.508. The van der Waals surface area contributed by atoms with Gasteiger partial charge in [-0.1, -0.05) is 60.7 Å². The average Bonchev–Trinajstić information content (AvgIpc) is 2.70. The van der Waals surface area contributed by atoms with Crippen molar-refractivity contribution in [3.63, 3.8) is 0 Å². The number of esters is 1. The molecule has 0 aliphatic carbocycles. The van der Waals surface area contributed by atoms with Crippen molar-refractivity contribution in [1.29, 1.82) is 0 Å². The van der Waals surface area contributed by atoms with E-state index < -0.39 is 12.1 Å². The summed E-state index contributed by atoms with van der Waals surface area (Å²) in [5.41, 5.74) is 2.18. The minimum atomic E-state index is -0.553. The number of ether oxygens (including phenoxy) is 1. The molecule has 5 nitrogen and oxygen atoms in total. The fourth-order valence-electron chi connectivity index (χ4n) is 2.70. The van der Waals surface area contributed by atoms with E-state index in [0.717, 1.165) is 17.5 Å². The first kappa shape index (κ1) is 19.7. The van der Waals surface area contributed by atoms with Crippen molar-refractivity contribution < 1.29 is 14.3 Å². The SMILES string of the molecule is COC(=O)[C@H](C)N[C@@H](CCc1ccccc1)C(=O)NCc1ccccc1. The summed E-state index contributed by atoms with van der Waals surface area (Å²) < 4.78 is 4.75. The Balaban J connectivity index is 1.98. The fraction of sp³-hybridized carbons (Fsp3) is 0.333. The van der Waals surface area contributed by atoms with Crippen LogP contribution in [-0.2, 0) is 27.3 Å². The maximum atomic E-state index is 12.7. The zero-order valence-corrected chi connectivity index (χ0v) is 15.3. The monoisotopic (exact) mass is 354 g/mol. The number of rotatable bonds is 9. The molecule has 0 saturated heterocycles. The summed E-state index contributed by atoms with van der Waals surface area (Å²) >= 11 is 0. The predicted molar refractivity (Wildman–Crippen MR) is 101 cm³/mol. The van der Waals surface area contributed by atoms with E-state index in [-0.39, 0.29) is 11.9 Å². The topological polar surface area (TPSA) is 67.4 Å². The standard InChI is InChI=1S/C21H26N2O3/c1-16(21(25)26-2)23-19(14-13-17-9-5-3-6-10-17)20(24)22-15-18-11-7-4-8-12-18/h3-12,16,19,23H,13-15H2,1-2H3,(H,22,24)/t16-,19-/m0/s1. The molecule has 2 atom stereocenters. The molecule has 0 aromatic heterocycles. The number of hydrogen-bond donors (Lipinski definition) is 2. The van der Waals surface area contributed by atoms with Crippen molar-refractivity contribution in [1.82, 2.24) is 10.6 Å². The first-order valence-corrected chi connectivity index (χ1v) is 8.79. The van der Waals surface area contributed by atoms with Gasteiger partial charge in [-0.2, -0.15) is 0 Å². The quantitative estimate of drug-likeness (QED) is 0.679. The molecule has 0 unspecified atom stereocenters. The summed E-state index contributed by atoms with van der Waals surface area (Å²) in [6.07, 6.45) is 1.33. The van der Waals surface area contributed by atoms with E-state index in [1.165, 1.54) is 7.11 Å². The number of hydrogen-bond acceptors (Lipinski definition) is 4. The lowest BCUT2D eigenvalue weighted by molar-refractivity contribution is -0.143. The number of aryl methyl sites for hydroxylation is 1. The number of carbonyl (C=O) groups excluding carboxylic acids is 2. The molecule has 2 aromatic rings. The van der Waals surface area contributed by atoms with Gasteiger partial charge in [0.05, 0.1) is 13.2 Å². The molecular weight excluding hydrogens is 328 g/mol. The smallest absolute Gasteiger partial charge is 0.322 e. The average molecular weight is 354 g/mol. The maximum Gasteiger partial charge on any atom is 0.322 e. The van der Waals surface area contributed by atoms with Crippen molar-refractivity contribution >= 4 is 11.9 Å². The van der Waals surface area contributed by atoms with Crippen molar-refractivity contribution in [3.8, 4) is 0 Å². The molecule has 0 saturated carbocycles. The Morgan fingerprint density at radius 1 is 0.962 bits per heavy atom. The highest BCUT2D eigenvalue weighted by Gasteiger charge is 2.23. The van der Waals surface area contributed by atoms with Crippen LogP contribution in [0.5, 0.6) is 0 Å². The Morgan fingerprint density at radius 2 is 1.54 bits per heavy atom. The van der Waals surface area contributed by atoms with Crippen LogP contribution >= 0.6 is 0 Å². The molecule has 1 amide bonds. The molecule has 0 radical (unpaired) electrons. The third-order valence-corrected chi connectivity index (χ3v) is 4.20. The Hall–Kier alpha value is -2.66. The Morgan fingerprint density at radius 3 is 2.12 bits per heavy atom. The molecule has 0 fully saturated rings. The summed E-state index contributed by atoms with van der Waals surface area (Å²) in [7, 11) is 1.34. The van der Waals surface area contributed by atoms with Crippen LogP contribution in [0, 0.1) is 0 Å². The second-order valence-electron chi connectivity index (χ2n) is 6.19. The van der Waals surface area contributed by atoms with Gasteiger partial charge in [-0.3, -0.25) is 14.9 Å². The largest absolute Gasteiger partial charge is 0.468 e. The van der Waals surface area contributed by atoms with Gasteiger partial charge in [-0.05, 0) is 30.9 Å². The third-order valence-electron chi connectivity index (χ3n) is 4.20. The second-order valence-corrected chi connectivity index (χ2v) is 6.19. The van der Waals surface area contributed by atoms with Crippen LogP contribution in [0.2, 0.25) is 0 Å². The highest BCUT2D eigenvalue weighted by Crippen LogP contribution is 2.07. The summed E-state index contributed by atoms with van der Waals surface area (Å²) in [5, 5.41) is 6.03. The van der Waals surface area contributed by atoms with Crippen LogP contribution in [0.15, 0.2) is 60.7 Å². The number of amides is 1. The highest BCUT2D eigenvalue weighted by atomic mass is 16.5. The van der Waals surface area contributed by atoms with Gasteiger partial charge in [0.2, 0.25) is 5.91 Å². The molecule has 0 aliphatic heterocycles. The number of methoxy groups -OCH3 is 1. The molecule has 2 aromatic carbocycles. The van der Waals surface area contributed by atoms with Gasteiger partial charge in [0.1, 0.15) is 6.04 Å². The van der Waals surface area contributed by atoms with Crippen LogP contribution in [0.1, 0.15) is 24.5 Å². The molecule has 138 valence electrons. The van der Waals surface area contributed by atoms with Gasteiger partial charge in [0.25, 0.3) is 0 Å². The Labute approximate surface area is 154 Å². The molecule has 0 spiro atoms. The van der Waals surface area contributed by atoms with Crippen LogP contribution in [0.4, 0.5) is 0 Å². The van der Waals surface area contributed by atoms with Gasteiger partial charge in [-0.25, -0.2) is 0 Å². The molecule has 2 rings (SSSR count). The zero-order chi connectivity index (χ0) is 18.8. The molecule has 26 heavy (non-hydrogen) atoms. The third kappa shape index (κ3) is 6.33. The van der Waals surface area contributed by atoms with Crippen molar-refractivity contribution in [2.24, 2.45) is 0 Å². The minimum absolute atomic E-state index is 0.125. The van der Waals surface area contributed by atoms with E-state index >= 15 is 0 Å². The van der Waals surface area contributed by atoms with Crippen molar-refractivity contribution in [2.75, 3.05) is 7.11 Å². The molecule has 0 aliphatic rings. The molecule has 5 heteroatoms. The molecule has 2 N–H and O–H groups in total. The normalized spacial score (nSPS) is 12.8. The summed E-state index contributed by atoms with van der Waals surface area (Å²) in [6, 6.07) is 18.7. The van der Waals surface area contributed by atoms with Gasteiger partial charge in [-0.15, -0.1) is 0 Å². The number of nitrogens with one attached hydrogen (secondary N) is 2. The summed E-state index contributed by atoms with van der Waals surface area (Å²) in [4.78, 5) is 24.4. The Kier molecular flexibility index (Phi) is 7.83. The van der Waals surface area contributed by atoms with E-state index in [0.29, 0.717) is 13.0 Å². The number of carbonyl (C=O) groups is 2. The maximum absolute atomic E-state index is 12.7. The highest BCUT2D eigenvalue weighted by molar-refractivity contribution is 5.83. The lowest BCUT2D eigenvalue weighted by Crippen LogP contribution is -2.50. The van der Waals surface area contributed by atoms with Gasteiger partial charge >= 0.3 is 5.97 Å². The van der Waals surface area contributed by atoms with E-state index in [9.17, 15) is 9.59 Å². The van der Waals surface area contributed by atoms with Crippen LogP contribution in [0.25, 0.3) is 0 Å². The zero-order valence-electron chi connectivity index (χ0n) is 15.3.